The van der Waals surface area contributed by atoms with E-state index in [4.69, 9.17) is 4.74 Å². The van der Waals surface area contributed by atoms with Gasteiger partial charge in [-0.05, 0) is 44.4 Å². The smallest absolute Gasteiger partial charge is 0.199 e. The molecular weight excluding hydrogens is 420 g/mol. The van der Waals surface area contributed by atoms with Gasteiger partial charge < -0.3 is 4.74 Å². The van der Waals surface area contributed by atoms with Gasteiger partial charge in [0.2, 0.25) is 0 Å². The quantitative estimate of drug-likeness (QED) is 0.204. The van der Waals surface area contributed by atoms with E-state index < -0.39 is 11.2 Å². The van der Waals surface area contributed by atoms with Crippen molar-refractivity contribution in [1.29, 1.82) is 0 Å². The number of Topliss-reactive ketones (excluding diaryl/α,β-unsaturated/α-hetero) is 2. The van der Waals surface area contributed by atoms with Gasteiger partial charge in [0.1, 0.15) is 0 Å². The molecule has 0 saturated carbocycles. The molecule has 34 heavy (non-hydrogen) atoms. The summed E-state index contributed by atoms with van der Waals surface area (Å²) in [7, 11) is 0. The topological polar surface area (TPSA) is 46.7 Å². The highest BCUT2D eigenvalue weighted by Crippen LogP contribution is 2.57. The van der Waals surface area contributed by atoms with Crippen molar-refractivity contribution in [3.63, 3.8) is 0 Å². The first kappa shape index (κ1) is 26.9. The molecule has 3 rings (SSSR count). The molecule has 0 radical (unpaired) electrons. The van der Waals surface area contributed by atoms with Crippen molar-refractivity contribution in [3.05, 3.63) is 47.0 Å². The molecule has 4 atom stereocenters. The maximum absolute atomic E-state index is 13.2. The zero-order valence-electron chi connectivity index (χ0n) is 22.4. The number of fused-ring (bicyclic) bond motifs is 2. The molecule has 0 spiro atoms. The van der Waals surface area contributed by atoms with Gasteiger partial charge in [-0.15, -0.1) is 0 Å². The normalized spacial score (nSPS) is 25.8. The van der Waals surface area contributed by atoms with Crippen molar-refractivity contribution in [2.45, 2.75) is 117 Å². The molecule has 188 valence electrons. The molecule has 1 fully saturated rings. The Kier molecular flexibility index (Phi) is 8.95. The average Bonchev–Trinajstić information content (AvgIpc) is 3.43. The first-order valence-electron chi connectivity index (χ1n) is 13.6. The Hall–Kier alpha value is -1.74. The summed E-state index contributed by atoms with van der Waals surface area (Å²) in [5.74, 6) is 2.34. The number of allylic oxidation sites excluding steroid dienone is 1. The molecule has 3 nitrogen and oxygen atoms in total. The number of ether oxygens (including phenoxy) is 1. The van der Waals surface area contributed by atoms with Crippen molar-refractivity contribution in [2.75, 3.05) is 0 Å². The monoisotopic (exact) mass is 466 g/mol. The predicted molar refractivity (Wildman–Crippen MR) is 140 cm³/mol. The standard InChI is InChI=1S/C31H46O3/c1-22(2)12-9-13-23(3)14-10-15-24(4)16-11-17-25(5)20-21-31-29(33)27-19-8-7-18-26(27)28(32)30(31,6)34-31/h7-8,18-20,22-24H,9-17,21H2,1-6H3/b25-20+/t23-,24+,30+,31-/m0/s1. The van der Waals surface area contributed by atoms with Crippen LogP contribution in [0.3, 0.4) is 0 Å². The molecular formula is C31H46O3. The minimum Gasteiger partial charge on any atom is -0.345 e. The molecule has 0 bridgehead atoms. The van der Waals surface area contributed by atoms with Crippen molar-refractivity contribution in [2.24, 2.45) is 17.8 Å². The number of carbonyl (C=O) groups excluding carboxylic acids is 2. The van der Waals surface area contributed by atoms with E-state index in [1.54, 1.807) is 19.1 Å². The fourth-order valence-electron chi connectivity index (χ4n) is 5.63. The van der Waals surface area contributed by atoms with E-state index in [-0.39, 0.29) is 11.6 Å². The molecule has 0 aromatic heterocycles. The summed E-state index contributed by atoms with van der Waals surface area (Å²) in [5.41, 5.74) is 0.297. The summed E-state index contributed by atoms with van der Waals surface area (Å²) in [4.78, 5) is 26.1. The van der Waals surface area contributed by atoms with Crippen LogP contribution in [0.15, 0.2) is 35.9 Å². The first-order valence-corrected chi connectivity index (χ1v) is 13.6. The average molecular weight is 467 g/mol. The van der Waals surface area contributed by atoms with Crippen LogP contribution >= 0.6 is 0 Å². The number of benzene rings is 1. The maximum Gasteiger partial charge on any atom is 0.199 e. The van der Waals surface area contributed by atoms with Gasteiger partial charge in [-0.3, -0.25) is 9.59 Å². The number of hydrogen-bond donors (Lipinski definition) is 0. The fourth-order valence-corrected chi connectivity index (χ4v) is 5.63. The number of ketones is 2. The molecule has 2 aliphatic rings. The molecule has 1 saturated heterocycles. The Morgan fingerprint density at radius 2 is 1.38 bits per heavy atom. The lowest BCUT2D eigenvalue weighted by molar-refractivity contribution is 0.0847. The van der Waals surface area contributed by atoms with E-state index in [0.29, 0.717) is 17.5 Å². The zero-order valence-corrected chi connectivity index (χ0v) is 22.4. The first-order chi connectivity index (χ1) is 16.1. The Bertz CT molecular complexity index is 898. The molecule has 0 amide bonds. The van der Waals surface area contributed by atoms with Gasteiger partial charge in [-0.2, -0.15) is 0 Å². The molecule has 0 unspecified atom stereocenters. The fraction of sp³-hybridized carbons (Fsp3) is 0.677. The molecule has 1 aliphatic heterocycles. The third-order valence-electron chi connectivity index (χ3n) is 8.20. The van der Waals surface area contributed by atoms with Gasteiger partial charge >= 0.3 is 0 Å². The van der Waals surface area contributed by atoms with E-state index >= 15 is 0 Å². The summed E-state index contributed by atoms with van der Waals surface area (Å²) < 4.78 is 5.91. The van der Waals surface area contributed by atoms with E-state index in [1.165, 1.54) is 56.9 Å². The van der Waals surface area contributed by atoms with E-state index in [0.717, 1.165) is 24.2 Å². The van der Waals surface area contributed by atoms with Crippen LogP contribution in [-0.4, -0.2) is 22.8 Å². The second-order valence-corrected chi connectivity index (χ2v) is 11.8. The van der Waals surface area contributed by atoms with Crippen molar-refractivity contribution in [3.8, 4) is 0 Å². The lowest BCUT2D eigenvalue weighted by Crippen LogP contribution is -2.43. The SMILES string of the molecule is C/C(=C\C[C@@]12O[C@]1(C)C(=O)c1ccccc1C2=O)CCC[C@H](C)CCC[C@@H](C)CCCC(C)C. The summed E-state index contributed by atoms with van der Waals surface area (Å²) in [6, 6.07) is 7.12. The number of rotatable bonds is 14. The van der Waals surface area contributed by atoms with Crippen LogP contribution in [0.1, 0.15) is 126 Å². The Labute approximate surface area is 207 Å². The van der Waals surface area contributed by atoms with Crippen LogP contribution in [-0.2, 0) is 4.74 Å². The minimum absolute atomic E-state index is 0.0405. The van der Waals surface area contributed by atoms with Crippen molar-refractivity contribution < 1.29 is 14.3 Å². The van der Waals surface area contributed by atoms with E-state index in [1.807, 2.05) is 12.1 Å². The van der Waals surface area contributed by atoms with Gasteiger partial charge in [0.05, 0.1) is 0 Å². The maximum atomic E-state index is 13.2. The number of hydrogen-bond acceptors (Lipinski definition) is 3. The van der Waals surface area contributed by atoms with Crippen LogP contribution in [0.2, 0.25) is 0 Å². The highest BCUT2D eigenvalue weighted by molar-refractivity contribution is 6.25. The van der Waals surface area contributed by atoms with Gasteiger partial charge in [-0.1, -0.05) is 109 Å². The molecule has 1 aliphatic carbocycles. The van der Waals surface area contributed by atoms with Gasteiger partial charge in [-0.25, -0.2) is 0 Å². The van der Waals surface area contributed by atoms with Crippen LogP contribution in [0.4, 0.5) is 0 Å². The third-order valence-corrected chi connectivity index (χ3v) is 8.20. The zero-order chi connectivity index (χ0) is 24.9. The Morgan fingerprint density at radius 3 is 1.97 bits per heavy atom. The Morgan fingerprint density at radius 1 is 0.853 bits per heavy atom. The summed E-state index contributed by atoms with van der Waals surface area (Å²) in [6.07, 6.45) is 14.2. The largest absolute Gasteiger partial charge is 0.345 e. The van der Waals surface area contributed by atoms with Crippen LogP contribution < -0.4 is 0 Å². The second-order valence-electron chi connectivity index (χ2n) is 11.8. The molecule has 0 N–H and O–H groups in total. The summed E-state index contributed by atoms with van der Waals surface area (Å²) in [6.45, 7) is 13.3. The second kappa shape index (κ2) is 11.3. The van der Waals surface area contributed by atoms with Crippen molar-refractivity contribution in [1.82, 2.24) is 0 Å². The van der Waals surface area contributed by atoms with E-state index in [9.17, 15) is 9.59 Å². The van der Waals surface area contributed by atoms with Gasteiger partial charge in [0.15, 0.2) is 22.8 Å². The highest BCUT2D eigenvalue weighted by Gasteiger charge is 2.77. The summed E-state index contributed by atoms with van der Waals surface area (Å²) >= 11 is 0. The highest BCUT2D eigenvalue weighted by atomic mass is 16.6. The number of carbonyl (C=O) groups is 2. The summed E-state index contributed by atoms with van der Waals surface area (Å²) in [5, 5.41) is 0. The van der Waals surface area contributed by atoms with E-state index in [2.05, 4.69) is 40.7 Å². The molecule has 3 heteroatoms. The van der Waals surface area contributed by atoms with Gasteiger partial charge in [0.25, 0.3) is 0 Å². The van der Waals surface area contributed by atoms with Crippen LogP contribution in [0, 0.1) is 17.8 Å². The minimum atomic E-state index is -1.00. The van der Waals surface area contributed by atoms with Crippen LogP contribution in [0.5, 0.6) is 0 Å². The van der Waals surface area contributed by atoms with Gasteiger partial charge in [0, 0.05) is 17.5 Å². The molecule has 1 heterocycles. The lowest BCUT2D eigenvalue weighted by atomic mass is 9.73. The predicted octanol–water partition coefficient (Wildman–Crippen LogP) is 8.37. The van der Waals surface area contributed by atoms with Crippen molar-refractivity contribution >= 4 is 11.6 Å². The Balaban J connectivity index is 1.39. The molecule has 1 aromatic rings. The van der Waals surface area contributed by atoms with Crippen LogP contribution in [0.25, 0.3) is 0 Å². The number of epoxide rings is 1. The molecule has 1 aromatic carbocycles. The lowest BCUT2D eigenvalue weighted by Gasteiger charge is -2.22. The third kappa shape index (κ3) is 5.90.